The van der Waals surface area contributed by atoms with Crippen LogP contribution < -0.4 is 0 Å². The third-order valence-corrected chi connectivity index (χ3v) is 2.53. The second-order valence-corrected chi connectivity index (χ2v) is 4.06. The molecule has 0 bridgehead atoms. The molecule has 2 nitrogen and oxygen atoms in total. The Balaban J connectivity index is 2.80. The fourth-order valence-corrected chi connectivity index (χ4v) is 1.60. The molecule has 0 N–H and O–H groups in total. The van der Waals surface area contributed by atoms with E-state index in [1.54, 1.807) is 6.92 Å². The summed E-state index contributed by atoms with van der Waals surface area (Å²) in [4.78, 5) is 11.0. The van der Waals surface area contributed by atoms with Gasteiger partial charge in [0.1, 0.15) is 0 Å². The number of alkyl halides is 3. The summed E-state index contributed by atoms with van der Waals surface area (Å²) in [6.07, 6.45) is -1.62. The van der Waals surface area contributed by atoms with Crippen molar-refractivity contribution in [2.75, 3.05) is 6.61 Å². The van der Waals surface area contributed by atoms with E-state index < -0.39 is 17.7 Å². The van der Waals surface area contributed by atoms with Crippen LogP contribution in [0.4, 0.5) is 13.2 Å². The van der Waals surface area contributed by atoms with Gasteiger partial charge in [-0.2, -0.15) is 13.2 Å². The molecule has 0 saturated heterocycles. The van der Waals surface area contributed by atoms with Crippen molar-refractivity contribution < 1.29 is 22.7 Å². The standard InChI is InChI=1S/C13H12ClF3O2/c1-2-19-12(18)5-3-4-9-6-7-11(14)10(8-9)13(15,16)17/h3-4,6-8H,2,5H2,1H3. The van der Waals surface area contributed by atoms with E-state index in [4.69, 9.17) is 11.6 Å². The van der Waals surface area contributed by atoms with Gasteiger partial charge in [-0.3, -0.25) is 4.79 Å². The summed E-state index contributed by atoms with van der Waals surface area (Å²) in [6.45, 7) is 1.95. The summed E-state index contributed by atoms with van der Waals surface area (Å²) >= 11 is 5.49. The number of esters is 1. The van der Waals surface area contributed by atoms with E-state index >= 15 is 0 Å². The van der Waals surface area contributed by atoms with Crippen LogP contribution >= 0.6 is 11.6 Å². The number of rotatable bonds is 4. The maximum absolute atomic E-state index is 12.6. The quantitative estimate of drug-likeness (QED) is 0.772. The van der Waals surface area contributed by atoms with Crippen molar-refractivity contribution in [1.82, 2.24) is 0 Å². The van der Waals surface area contributed by atoms with Gasteiger partial charge >= 0.3 is 12.1 Å². The van der Waals surface area contributed by atoms with Crippen molar-refractivity contribution in [1.29, 1.82) is 0 Å². The summed E-state index contributed by atoms with van der Waals surface area (Å²) < 4.78 is 42.5. The second-order valence-electron chi connectivity index (χ2n) is 3.65. The zero-order valence-electron chi connectivity index (χ0n) is 10.1. The molecule has 0 aliphatic rings. The predicted molar refractivity (Wildman–Crippen MR) is 66.7 cm³/mol. The molecule has 1 aromatic carbocycles. The topological polar surface area (TPSA) is 26.3 Å². The van der Waals surface area contributed by atoms with Gasteiger partial charge in [-0.05, 0) is 24.6 Å². The molecule has 0 saturated carbocycles. The highest BCUT2D eigenvalue weighted by molar-refractivity contribution is 6.31. The van der Waals surface area contributed by atoms with Gasteiger partial charge in [0.2, 0.25) is 0 Å². The Morgan fingerprint density at radius 1 is 1.42 bits per heavy atom. The fraction of sp³-hybridized carbons (Fsp3) is 0.308. The summed E-state index contributed by atoms with van der Waals surface area (Å²) in [5, 5.41) is -0.352. The van der Waals surface area contributed by atoms with Crippen molar-refractivity contribution in [2.45, 2.75) is 19.5 Å². The minimum absolute atomic E-state index is 0.0117. The lowest BCUT2D eigenvalue weighted by molar-refractivity contribution is -0.142. The zero-order valence-corrected chi connectivity index (χ0v) is 10.9. The minimum Gasteiger partial charge on any atom is -0.466 e. The first-order valence-electron chi connectivity index (χ1n) is 5.53. The van der Waals surface area contributed by atoms with Crippen molar-refractivity contribution in [2.24, 2.45) is 0 Å². The molecule has 0 aliphatic heterocycles. The normalized spacial score (nSPS) is 11.8. The van der Waals surface area contributed by atoms with Crippen LogP contribution in [0.2, 0.25) is 5.02 Å². The van der Waals surface area contributed by atoms with Gasteiger partial charge < -0.3 is 4.74 Å². The number of carbonyl (C=O) groups excluding carboxylic acids is 1. The van der Waals surface area contributed by atoms with Gasteiger partial charge in [-0.25, -0.2) is 0 Å². The van der Waals surface area contributed by atoms with Gasteiger partial charge in [0.25, 0.3) is 0 Å². The average Bonchev–Trinajstić information content (AvgIpc) is 2.30. The van der Waals surface area contributed by atoms with Gasteiger partial charge in [-0.15, -0.1) is 0 Å². The van der Waals surface area contributed by atoms with Crippen LogP contribution in [0.1, 0.15) is 24.5 Å². The molecule has 104 valence electrons. The zero-order chi connectivity index (χ0) is 14.5. The molecule has 0 radical (unpaired) electrons. The average molecular weight is 293 g/mol. The number of carbonyl (C=O) groups is 1. The fourth-order valence-electron chi connectivity index (χ4n) is 1.37. The first kappa shape index (κ1) is 15.6. The summed E-state index contributed by atoms with van der Waals surface area (Å²) in [5.41, 5.74) is -0.575. The third kappa shape index (κ3) is 4.95. The Morgan fingerprint density at radius 2 is 2.11 bits per heavy atom. The minimum atomic E-state index is -4.50. The molecule has 1 rings (SSSR count). The van der Waals surface area contributed by atoms with Crippen LogP contribution in [0.5, 0.6) is 0 Å². The van der Waals surface area contributed by atoms with Gasteiger partial charge in [0.15, 0.2) is 0 Å². The highest BCUT2D eigenvalue weighted by Crippen LogP contribution is 2.35. The smallest absolute Gasteiger partial charge is 0.417 e. The molecule has 0 atom stereocenters. The van der Waals surface area contributed by atoms with Crippen LogP contribution in [0.3, 0.4) is 0 Å². The first-order chi connectivity index (χ1) is 8.84. The molecule has 0 amide bonds. The first-order valence-corrected chi connectivity index (χ1v) is 5.91. The van der Waals surface area contributed by atoms with Crippen molar-refractivity contribution in [3.63, 3.8) is 0 Å². The van der Waals surface area contributed by atoms with E-state index in [-0.39, 0.29) is 18.1 Å². The van der Waals surface area contributed by atoms with Crippen molar-refractivity contribution in [3.8, 4) is 0 Å². The number of hydrogen-bond acceptors (Lipinski definition) is 2. The Bertz CT molecular complexity index is 481. The molecule has 0 aromatic heterocycles. The Labute approximate surface area is 113 Å². The molecule has 0 fully saturated rings. The maximum atomic E-state index is 12.6. The van der Waals surface area contributed by atoms with Crippen molar-refractivity contribution >= 4 is 23.6 Å². The Morgan fingerprint density at radius 3 is 2.68 bits per heavy atom. The van der Waals surface area contributed by atoms with Crippen LogP contribution in [0.25, 0.3) is 6.08 Å². The SMILES string of the molecule is CCOC(=O)CC=Cc1ccc(Cl)c(C(F)(F)F)c1. The van der Waals surface area contributed by atoms with Gasteiger partial charge in [-0.1, -0.05) is 29.8 Å². The molecule has 0 aliphatic carbocycles. The van der Waals surface area contributed by atoms with E-state index in [9.17, 15) is 18.0 Å². The number of hydrogen-bond donors (Lipinski definition) is 0. The molecule has 1 aromatic rings. The lowest BCUT2D eigenvalue weighted by atomic mass is 10.1. The van der Waals surface area contributed by atoms with Crippen LogP contribution in [-0.4, -0.2) is 12.6 Å². The molecule has 0 spiro atoms. The molecule has 0 heterocycles. The third-order valence-electron chi connectivity index (χ3n) is 2.20. The van der Waals surface area contributed by atoms with Gasteiger partial charge in [0.05, 0.1) is 23.6 Å². The van der Waals surface area contributed by atoms with E-state index in [2.05, 4.69) is 4.74 Å². The van der Waals surface area contributed by atoms with Crippen LogP contribution in [0, 0.1) is 0 Å². The van der Waals surface area contributed by atoms with Crippen LogP contribution in [0.15, 0.2) is 24.3 Å². The monoisotopic (exact) mass is 292 g/mol. The summed E-state index contributed by atoms with van der Waals surface area (Å²) in [7, 11) is 0. The molecule has 19 heavy (non-hydrogen) atoms. The van der Waals surface area contributed by atoms with E-state index in [1.165, 1.54) is 24.3 Å². The molecular formula is C13H12ClF3O2. The van der Waals surface area contributed by atoms with Crippen LogP contribution in [-0.2, 0) is 15.7 Å². The highest BCUT2D eigenvalue weighted by atomic mass is 35.5. The Hall–Kier alpha value is -1.49. The lowest BCUT2D eigenvalue weighted by Crippen LogP contribution is -2.06. The van der Waals surface area contributed by atoms with Crippen molar-refractivity contribution in [3.05, 3.63) is 40.4 Å². The summed E-state index contributed by atoms with van der Waals surface area (Å²) in [5.74, 6) is -0.427. The summed E-state index contributed by atoms with van der Waals surface area (Å²) in [6, 6.07) is 3.55. The molecular weight excluding hydrogens is 281 g/mol. The number of ether oxygens (including phenoxy) is 1. The molecule has 6 heteroatoms. The van der Waals surface area contributed by atoms with E-state index in [0.717, 1.165) is 6.07 Å². The largest absolute Gasteiger partial charge is 0.466 e. The maximum Gasteiger partial charge on any atom is 0.417 e. The number of benzene rings is 1. The van der Waals surface area contributed by atoms with Gasteiger partial charge in [0, 0.05) is 0 Å². The predicted octanol–water partition coefficient (Wildman–Crippen LogP) is 4.33. The van der Waals surface area contributed by atoms with E-state index in [0.29, 0.717) is 5.56 Å². The molecule has 0 unspecified atom stereocenters. The van der Waals surface area contributed by atoms with E-state index in [1.807, 2.05) is 0 Å². The second kappa shape index (κ2) is 6.61. The Kier molecular flexibility index (Phi) is 5.42. The highest BCUT2D eigenvalue weighted by Gasteiger charge is 2.33. The lowest BCUT2D eigenvalue weighted by Gasteiger charge is -2.09. The number of halogens is 4.